The van der Waals surface area contributed by atoms with Gasteiger partial charge in [-0.05, 0) is 31.5 Å². The third-order valence-electron chi connectivity index (χ3n) is 3.96. The van der Waals surface area contributed by atoms with Crippen molar-refractivity contribution >= 4 is 23.2 Å². The Morgan fingerprint density at radius 3 is 2.67 bits per heavy atom. The molecule has 1 amide bonds. The fraction of sp³-hybridized carbons (Fsp3) is 0.235. The maximum absolute atomic E-state index is 12.6. The smallest absolute Gasteiger partial charge is 0.317 e. The molecule has 27 heavy (non-hydrogen) atoms. The number of aromatic nitrogens is 4. The van der Waals surface area contributed by atoms with Crippen molar-refractivity contribution in [1.29, 1.82) is 0 Å². The number of rotatable bonds is 4. The molecule has 10 heteroatoms. The largest absolute Gasteiger partial charge is 0.432 e. The molecule has 142 valence electrons. The van der Waals surface area contributed by atoms with E-state index in [0.717, 1.165) is 5.56 Å². The van der Waals surface area contributed by atoms with Gasteiger partial charge >= 0.3 is 6.18 Å². The van der Waals surface area contributed by atoms with E-state index in [9.17, 15) is 18.0 Å². The molecule has 1 aromatic carbocycles. The van der Waals surface area contributed by atoms with Gasteiger partial charge in [-0.3, -0.25) is 14.6 Å². The number of hydrogen-bond acceptors (Lipinski definition) is 3. The van der Waals surface area contributed by atoms with Gasteiger partial charge in [0.1, 0.15) is 5.69 Å². The Bertz CT molecular complexity index is 993. The predicted octanol–water partition coefficient (Wildman–Crippen LogP) is 4.20. The van der Waals surface area contributed by atoms with Gasteiger partial charge < -0.3 is 5.32 Å². The van der Waals surface area contributed by atoms with E-state index in [1.54, 1.807) is 30.7 Å². The molecule has 0 aliphatic heterocycles. The molecule has 0 radical (unpaired) electrons. The Morgan fingerprint density at radius 2 is 2.04 bits per heavy atom. The van der Waals surface area contributed by atoms with Crippen LogP contribution in [-0.2, 0) is 12.7 Å². The highest BCUT2D eigenvalue weighted by atomic mass is 35.5. The highest BCUT2D eigenvalue weighted by molar-refractivity contribution is 6.30. The number of H-pyrrole nitrogens is 1. The van der Waals surface area contributed by atoms with Crippen molar-refractivity contribution in [2.45, 2.75) is 26.6 Å². The van der Waals surface area contributed by atoms with Crippen molar-refractivity contribution in [2.75, 3.05) is 5.32 Å². The fourth-order valence-corrected chi connectivity index (χ4v) is 2.81. The SMILES string of the molecule is Cc1nn(Cc2cccc(Cl)c2)c(C)c1NC(=O)c1cc(C(F)(F)F)[nH]n1. The van der Waals surface area contributed by atoms with Gasteiger partial charge in [-0.15, -0.1) is 0 Å². The number of halogens is 4. The summed E-state index contributed by atoms with van der Waals surface area (Å²) in [5.41, 5.74) is 1.11. The summed E-state index contributed by atoms with van der Waals surface area (Å²) in [4.78, 5) is 12.3. The minimum absolute atomic E-state index is 0.358. The lowest BCUT2D eigenvalue weighted by atomic mass is 10.2. The molecule has 0 fully saturated rings. The summed E-state index contributed by atoms with van der Waals surface area (Å²) in [6, 6.07) is 7.94. The number of nitrogens with zero attached hydrogens (tertiary/aromatic N) is 3. The number of nitrogens with one attached hydrogen (secondary N) is 2. The Labute approximate surface area is 157 Å². The molecule has 0 unspecified atom stereocenters. The molecule has 0 aliphatic rings. The summed E-state index contributed by atoms with van der Waals surface area (Å²) < 4.78 is 39.6. The van der Waals surface area contributed by atoms with Crippen LogP contribution in [0.25, 0.3) is 0 Å². The summed E-state index contributed by atoms with van der Waals surface area (Å²) in [5, 5.41) is 12.8. The molecule has 0 atom stereocenters. The van der Waals surface area contributed by atoms with Crippen molar-refractivity contribution < 1.29 is 18.0 Å². The molecule has 3 rings (SSSR count). The summed E-state index contributed by atoms with van der Waals surface area (Å²) in [5.74, 6) is -0.754. The standard InChI is InChI=1S/C17H15ClF3N5O/c1-9-15(22-16(27)13-7-14(24-23-13)17(19,20)21)10(2)26(25-9)8-11-4-3-5-12(18)6-11/h3-7H,8H2,1-2H3,(H,22,27)(H,23,24). The van der Waals surface area contributed by atoms with E-state index in [-0.39, 0.29) is 5.69 Å². The zero-order valence-corrected chi connectivity index (χ0v) is 15.1. The van der Waals surface area contributed by atoms with Crippen molar-refractivity contribution in [3.05, 3.63) is 63.7 Å². The van der Waals surface area contributed by atoms with Crippen LogP contribution >= 0.6 is 11.6 Å². The van der Waals surface area contributed by atoms with Crippen molar-refractivity contribution in [3.8, 4) is 0 Å². The number of alkyl halides is 3. The van der Waals surface area contributed by atoms with Gasteiger partial charge in [0.25, 0.3) is 5.91 Å². The van der Waals surface area contributed by atoms with Crippen molar-refractivity contribution in [2.24, 2.45) is 0 Å². The van der Waals surface area contributed by atoms with Crippen LogP contribution in [0.15, 0.2) is 30.3 Å². The van der Waals surface area contributed by atoms with E-state index in [1.165, 1.54) is 0 Å². The normalized spacial score (nSPS) is 11.6. The molecule has 2 aromatic heterocycles. The first-order chi connectivity index (χ1) is 12.6. The van der Waals surface area contributed by atoms with Crippen molar-refractivity contribution in [3.63, 3.8) is 0 Å². The van der Waals surface area contributed by atoms with Gasteiger partial charge in [0.05, 0.1) is 23.6 Å². The molecule has 3 aromatic rings. The van der Waals surface area contributed by atoms with E-state index in [0.29, 0.717) is 34.7 Å². The highest BCUT2D eigenvalue weighted by Crippen LogP contribution is 2.28. The molecule has 6 nitrogen and oxygen atoms in total. The zero-order valence-electron chi connectivity index (χ0n) is 14.4. The first-order valence-electron chi connectivity index (χ1n) is 7.87. The topological polar surface area (TPSA) is 75.6 Å². The Kier molecular flexibility index (Phi) is 4.97. The number of aryl methyl sites for hydroxylation is 1. The van der Waals surface area contributed by atoms with Gasteiger partial charge in [-0.2, -0.15) is 23.4 Å². The molecule has 0 spiro atoms. The maximum atomic E-state index is 12.6. The quantitative estimate of drug-likeness (QED) is 0.693. The van der Waals surface area contributed by atoms with E-state index in [2.05, 4.69) is 15.5 Å². The molecule has 0 aliphatic carbocycles. The molecule has 0 saturated carbocycles. The van der Waals surface area contributed by atoms with Crippen LogP contribution in [0.2, 0.25) is 5.02 Å². The molecule has 0 bridgehead atoms. The lowest BCUT2D eigenvalue weighted by Crippen LogP contribution is -2.14. The zero-order chi connectivity index (χ0) is 19.8. The number of anilines is 1. The number of carbonyl (C=O) groups excluding carboxylic acids is 1. The van der Waals surface area contributed by atoms with Gasteiger partial charge in [0, 0.05) is 11.1 Å². The van der Waals surface area contributed by atoms with Crippen LogP contribution < -0.4 is 5.32 Å². The molecule has 2 heterocycles. The summed E-state index contributed by atoms with van der Waals surface area (Å²) >= 11 is 5.98. The summed E-state index contributed by atoms with van der Waals surface area (Å²) in [7, 11) is 0. The lowest BCUT2D eigenvalue weighted by molar-refractivity contribution is -0.141. The number of aromatic amines is 1. The third kappa shape index (κ3) is 4.13. The second kappa shape index (κ2) is 7.07. The highest BCUT2D eigenvalue weighted by Gasteiger charge is 2.34. The average molecular weight is 398 g/mol. The van der Waals surface area contributed by atoms with Crippen LogP contribution in [0.4, 0.5) is 18.9 Å². The molecular weight excluding hydrogens is 383 g/mol. The first-order valence-corrected chi connectivity index (χ1v) is 8.25. The first kappa shape index (κ1) is 19.0. The van der Waals surface area contributed by atoms with Gasteiger partial charge in [0.2, 0.25) is 0 Å². The lowest BCUT2D eigenvalue weighted by Gasteiger charge is -2.07. The monoisotopic (exact) mass is 397 g/mol. The molecule has 2 N–H and O–H groups in total. The van der Waals surface area contributed by atoms with Gasteiger partial charge in [-0.25, -0.2) is 0 Å². The van der Waals surface area contributed by atoms with Gasteiger partial charge in [-0.1, -0.05) is 23.7 Å². The van der Waals surface area contributed by atoms with E-state index in [1.807, 2.05) is 17.2 Å². The van der Waals surface area contributed by atoms with Crippen LogP contribution in [0.3, 0.4) is 0 Å². The minimum atomic E-state index is -4.60. The minimum Gasteiger partial charge on any atom is -0.317 e. The summed E-state index contributed by atoms with van der Waals surface area (Å²) in [6.07, 6.45) is -4.60. The van der Waals surface area contributed by atoms with Crippen LogP contribution in [0.1, 0.15) is 33.1 Å². The molecule has 0 saturated heterocycles. The Balaban J connectivity index is 1.80. The molecular formula is C17H15ClF3N5O. The maximum Gasteiger partial charge on any atom is 0.432 e. The Morgan fingerprint density at radius 1 is 1.30 bits per heavy atom. The van der Waals surface area contributed by atoms with Gasteiger partial charge in [0.15, 0.2) is 5.69 Å². The summed E-state index contributed by atoms with van der Waals surface area (Å²) in [6.45, 7) is 3.89. The number of benzene rings is 1. The second-order valence-corrected chi connectivity index (χ2v) is 6.39. The third-order valence-corrected chi connectivity index (χ3v) is 4.19. The second-order valence-electron chi connectivity index (χ2n) is 5.95. The van der Waals surface area contributed by atoms with Crippen LogP contribution in [0, 0.1) is 13.8 Å². The van der Waals surface area contributed by atoms with Crippen LogP contribution in [0.5, 0.6) is 0 Å². The van der Waals surface area contributed by atoms with E-state index in [4.69, 9.17) is 11.6 Å². The van der Waals surface area contributed by atoms with E-state index >= 15 is 0 Å². The average Bonchev–Trinajstić information content (AvgIpc) is 3.16. The van der Waals surface area contributed by atoms with Crippen LogP contribution in [-0.4, -0.2) is 25.9 Å². The number of hydrogen-bond donors (Lipinski definition) is 2. The van der Waals surface area contributed by atoms with Crippen molar-refractivity contribution in [1.82, 2.24) is 20.0 Å². The fourth-order valence-electron chi connectivity index (χ4n) is 2.60. The number of carbonyl (C=O) groups is 1. The van der Waals surface area contributed by atoms with E-state index < -0.39 is 17.8 Å². The number of amides is 1. The Hall–Kier alpha value is -2.81. The predicted molar refractivity (Wildman–Crippen MR) is 93.8 cm³/mol.